The quantitative estimate of drug-likeness (QED) is 0.305. The molecule has 0 fully saturated rings. The van der Waals surface area contributed by atoms with E-state index < -0.39 is 5.97 Å². The van der Waals surface area contributed by atoms with E-state index in [0.717, 1.165) is 12.8 Å². The SMILES string of the molecule is CC(Cl)CC/C=C/CC(=O)[O-].[K+]. The molecule has 1 atom stereocenters. The number of aliphatic carboxylic acids is 1. The van der Waals surface area contributed by atoms with Gasteiger partial charge in [0, 0.05) is 17.8 Å². The van der Waals surface area contributed by atoms with E-state index in [9.17, 15) is 9.90 Å². The Bertz CT molecular complexity index is 146. The molecule has 0 saturated heterocycles. The van der Waals surface area contributed by atoms with E-state index in [0.29, 0.717) is 0 Å². The predicted molar refractivity (Wildman–Crippen MR) is 43.3 cm³/mol. The number of hydrogen-bond donors (Lipinski definition) is 0. The summed E-state index contributed by atoms with van der Waals surface area (Å²) in [5.74, 6) is -1.04. The zero-order valence-electron chi connectivity index (χ0n) is 7.55. The Labute approximate surface area is 121 Å². The van der Waals surface area contributed by atoms with E-state index >= 15 is 0 Å². The fourth-order valence-electron chi connectivity index (χ4n) is 0.623. The molecule has 64 valence electrons. The summed E-state index contributed by atoms with van der Waals surface area (Å²) in [7, 11) is 0. The minimum Gasteiger partial charge on any atom is -0.550 e. The molecule has 0 aliphatic carbocycles. The first kappa shape index (κ1) is 15.6. The average molecular weight is 215 g/mol. The molecule has 0 radical (unpaired) electrons. The molecule has 4 heteroatoms. The molecule has 0 aromatic carbocycles. The van der Waals surface area contributed by atoms with Crippen LogP contribution < -0.4 is 56.5 Å². The van der Waals surface area contributed by atoms with Crippen molar-refractivity contribution >= 4 is 17.6 Å². The molecule has 0 heterocycles. The zero-order chi connectivity index (χ0) is 8.69. The van der Waals surface area contributed by atoms with Gasteiger partial charge in [-0.2, -0.15) is 0 Å². The molecule has 0 bridgehead atoms. The van der Waals surface area contributed by atoms with Gasteiger partial charge in [0.25, 0.3) is 0 Å². The number of rotatable bonds is 5. The van der Waals surface area contributed by atoms with Crippen LogP contribution in [0.5, 0.6) is 0 Å². The molecule has 0 aliphatic heterocycles. The summed E-state index contributed by atoms with van der Waals surface area (Å²) in [6.07, 6.45) is 5.11. The van der Waals surface area contributed by atoms with Crippen molar-refractivity contribution in [3.05, 3.63) is 12.2 Å². The standard InChI is InChI=1S/C8H13ClO2.K/c1-7(9)5-3-2-4-6-8(10)11;/h2,4,7H,3,5-6H2,1H3,(H,10,11);/q;+1/p-1/b4-2+;. The Kier molecular flexibility index (Phi) is 13.3. The van der Waals surface area contributed by atoms with Crippen LogP contribution in [0.25, 0.3) is 0 Å². The summed E-state index contributed by atoms with van der Waals surface area (Å²) in [5, 5.41) is 10.1. The molecule has 12 heavy (non-hydrogen) atoms. The molecule has 0 amide bonds. The van der Waals surface area contributed by atoms with Crippen molar-refractivity contribution in [1.29, 1.82) is 0 Å². The summed E-state index contributed by atoms with van der Waals surface area (Å²) >= 11 is 5.66. The summed E-state index contributed by atoms with van der Waals surface area (Å²) in [6, 6.07) is 0. The van der Waals surface area contributed by atoms with Crippen LogP contribution in [-0.4, -0.2) is 11.3 Å². The van der Waals surface area contributed by atoms with E-state index in [1.54, 1.807) is 6.08 Å². The van der Waals surface area contributed by atoms with Crippen LogP contribution in [0.4, 0.5) is 0 Å². The molecular weight excluding hydrogens is 203 g/mol. The summed E-state index contributed by atoms with van der Waals surface area (Å²) in [6.45, 7) is 1.91. The number of carbonyl (C=O) groups excluding carboxylic acids is 1. The van der Waals surface area contributed by atoms with Crippen molar-refractivity contribution in [1.82, 2.24) is 0 Å². The second kappa shape index (κ2) is 10.2. The molecule has 0 rings (SSSR count). The van der Waals surface area contributed by atoms with Crippen LogP contribution in [0.1, 0.15) is 26.2 Å². The number of alkyl halides is 1. The fourth-order valence-corrected chi connectivity index (χ4v) is 0.749. The fraction of sp³-hybridized carbons (Fsp3) is 0.625. The Morgan fingerprint density at radius 2 is 2.17 bits per heavy atom. The number of hydrogen-bond acceptors (Lipinski definition) is 2. The van der Waals surface area contributed by atoms with E-state index in [4.69, 9.17) is 11.6 Å². The monoisotopic (exact) mass is 214 g/mol. The first-order valence-electron chi connectivity index (χ1n) is 3.62. The van der Waals surface area contributed by atoms with Crippen LogP contribution in [0, 0.1) is 0 Å². The minimum atomic E-state index is -1.04. The van der Waals surface area contributed by atoms with E-state index in [-0.39, 0.29) is 63.2 Å². The number of carboxylic acid groups (broad SMARTS) is 1. The first-order chi connectivity index (χ1) is 5.13. The molecule has 1 unspecified atom stereocenters. The van der Waals surface area contributed by atoms with Crippen LogP contribution in [0.15, 0.2) is 12.2 Å². The Balaban J connectivity index is 0. The van der Waals surface area contributed by atoms with E-state index in [1.165, 1.54) is 0 Å². The molecule has 0 aliphatic rings. The van der Waals surface area contributed by atoms with Gasteiger partial charge in [0.05, 0.1) is 0 Å². The third-order valence-corrected chi connectivity index (χ3v) is 1.40. The Morgan fingerprint density at radius 1 is 1.58 bits per heavy atom. The van der Waals surface area contributed by atoms with Gasteiger partial charge in [0.15, 0.2) is 0 Å². The summed E-state index contributed by atoms with van der Waals surface area (Å²) < 4.78 is 0. The van der Waals surface area contributed by atoms with Gasteiger partial charge in [0.1, 0.15) is 0 Å². The van der Waals surface area contributed by atoms with Crippen LogP contribution >= 0.6 is 11.6 Å². The number of allylic oxidation sites excluding steroid dienone is 1. The number of carboxylic acids is 1. The Hall–Kier alpha value is 1.14. The summed E-state index contributed by atoms with van der Waals surface area (Å²) in [4.78, 5) is 9.91. The van der Waals surface area contributed by atoms with Crippen LogP contribution in [-0.2, 0) is 4.79 Å². The van der Waals surface area contributed by atoms with Gasteiger partial charge in [-0.3, -0.25) is 0 Å². The molecule has 0 aromatic rings. The van der Waals surface area contributed by atoms with Crippen LogP contribution in [0.3, 0.4) is 0 Å². The van der Waals surface area contributed by atoms with Crippen molar-refractivity contribution in [2.45, 2.75) is 31.6 Å². The smallest absolute Gasteiger partial charge is 0.550 e. The van der Waals surface area contributed by atoms with Gasteiger partial charge in [-0.05, 0) is 19.8 Å². The van der Waals surface area contributed by atoms with Gasteiger partial charge in [0.2, 0.25) is 0 Å². The van der Waals surface area contributed by atoms with Crippen molar-refractivity contribution in [3.8, 4) is 0 Å². The van der Waals surface area contributed by atoms with Crippen molar-refractivity contribution in [2.24, 2.45) is 0 Å². The van der Waals surface area contributed by atoms with Gasteiger partial charge in [-0.1, -0.05) is 12.2 Å². The minimum absolute atomic E-state index is 0. The summed E-state index contributed by atoms with van der Waals surface area (Å²) in [5.41, 5.74) is 0. The largest absolute Gasteiger partial charge is 1.00 e. The van der Waals surface area contributed by atoms with Gasteiger partial charge < -0.3 is 9.90 Å². The maximum Gasteiger partial charge on any atom is 1.00 e. The zero-order valence-corrected chi connectivity index (χ0v) is 11.4. The van der Waals surface area contributed by atoms with Crippen molar-refractivity contribution < 1.29 is 61.3 Å². The van der Waals surface area contributed by atoms with Crippen molar-refractivity contribution in [2.75, 3.05) is 0 Å². The predicted octanol–water partition coefficient (Wildman–Crippen LogP) is -1.91. The normalized spacial score (nSPS) is 12.5. The maximum atomic E-state index is 9.91. The first-order valence-corrected chi connectivity index (χ1v) is 4.05. The average Bonchev–Trinajstić information content (AvgIpc) is 1.85. The number of halogens is 1. The van der Waals surface area contributed by atoms with Gasteiger partial charge in [-0.25, -0.2) is 0 Å². The van der Waals surface area contributed by atoms with Gasteiger partial charge >= 0.3 is 51.4 Å². The second-order valence-electron chi connectivity index (χ2n) is 2.41. The molecule has 0 spiro atoms. The maximum absolute atomic E-state index is 9.91. The van der Waals surface area contributed by atoms with E-state index in [1.807, 2.05) is 13.0 Å². The molecule has 0 N–H and O–H groups in total. The Morgan fingerprint density at radius 3 is 2.58 bits per heavy atom. The third-order valence-electron chi connectivity index (χ3n) is 1.18. The molecule has 0 aromatic heterocycles. The van der Waals surface area contributed by atoms with Crippen LogP contribution in [0.2, 0.25) is 0 Å². The van der Waals surface area contributed by atoms with Gasteiger partial charge in [-0.15, -0.1) is 11.6 Å². The topological polar surface area (TPSA) is 40.1 Å². The van der Waals surface area contributed by atoms with Crippen molar-refractivity contribution in [3.63, 3.8) is 0 Å². The number of carbonyl (C=O) groups is 1. The van der Waals surface area contributed by atoms with E-state index in [2.05, 4.69) is 0 Å². The molecular formula is C8H12ClKO2. The third kappa shape index (κ3) is 13.7. The molecule has 2 nitrogen and oxygen atoms in total. The second-order valence-corrected chi connectivity index (χ2v) is 3.15. The molecule has 0 saturated carbocycles.